The van der Waals surface area contributed by atoms with Crippen molar-refractivity contribution in [3.8, 4) is 11.5 Å². The van der Waals surface area contributed by atoms with E-state index >= 15 is 0 Å². The molecule has 7 heteroatoms. The third-order valence-corrected chi connectivity index (χ3v) is 5.79. The summed E-state index contributed by atoms with van der Waals surface area (Å²) in [6.07, 6.45) is 5.13. The molecule has 1 fully saturated rings. The van der Waals surface area contributed by atoms with E-state index in [9.17, 15) is 9.50 Å². The van der Waals surface area contributed by atoms with Crippen molar-refractivity contribution in [1.29, 1.82) is 0 Å². The minimum Gasteiger partial charge on any atom is -0.492 e. The second-order valence-corrected chi connectivity index (χ2v) is 8.52. The summed E-state index contributed by atoms with van der Waals surface area (Å²) in [5.41, 5.74) is 1.51. The Morgan fingerprint density at radius 2 is 1.66 bits per heavy atom. The van der Waals surface area contributed by atoms with Gasteiger partial charge in [-0.25, -0.2) is 4.39 Å². The van der Waals surface area contributed by atoms with E-state index in [0.717, 1.165) is 37.5 Å². The van der Waals surface area contributed by atoms with Crippen molar-refractivity contribution in [2.75, 3.05) is 26.3 Å². The standard InChI is InChI=1S/C25H30FN3O3/c1-20-16-27-29(17-20)14-15-31-23-6-2-21(3-7-23)18-28-12-10-25(30,11-13-28)19-32-24-8-4-22(26)5-9-24/h2-9,16-17,30H,10-15,18-19H2,1H3. The number of rotatable bonds is 9. The van der Waals surface area contributed by atoms with Gasteiger partial charge in [0.25, 0.3) is 0 Å². The lowest BCUT2D eigenvalue weighted by Gasteiger charge is -2.38. The van der Waals surface area contributed by atoms with Crippen LogP contribution >= 0.6 is 0 Å². The Labute approximate surface area is 188 Å². The Bertz CT molecular complexity index is 980. The number of benzene rings is 2. The predicted octanol–water partition coefficient (Wildman–Crippen LogP) is 3.82. The summed E-state index contributed by atoms with van der Waals surface area (Å²) >= 11 is 0. The molecule has 6 nitrogen and oxygen atoms in total. The largest absolute Gasteiger partial charge is 0.492 e. The fraction of sp³-hybridized carbons (Fsp3) is 0.400. The summed E-state index contributed by atoms with van der Waals surface area (Å²) in [4.78, 5) is 2.34. The summed E-state index contributed by atoms with van der Waals surface area (Å²) in [5, 5.41) is 15.1. The monoisotopic (exact) mass is 439 g/mol. The van der Waals surface area contributed by atoms with Crippen LogP contribution in [0.2, 0.25) is 0 Å². The third-order valence-electron chi connectivity index (χ3n) is 5.79. The number of piperidine rings is 1. The zero-order valence-electron chi connectivity index (χ0n) is 18.4. The Morgan fingerprint density at radius 1 is 1.00 bits per heavy atom. The maximum Gasteiger partial charge on any atom is 0.123 e. The molecule has 4 rings (SSSR count). The second-order valence-electron chi connectivity index (χ2n) is 8.52. The SMILES string of the molecule is Cc1cnn(CCOc2ccc(CN3CCC(O)(COc4ccc(F)cc4)CC3)cc2)c1. The number of likely N-dealkylation sites (tertiary alicyclic amines) is 1. The molecule has 1 aliphatic rings. The number of hydrogen-bond acceptors (Lipinski definition) is 5. The molecule has 1 aliphatic heterocycles. The van der Waals surface area contributed by atoms with Crippen LogP contribution in [-0.2, 0) is 13.1 Å². The van der Waals surface area contributed by atoms with Gasteiger partial charge in [-0.05, 0) is 67.3 Å². The average Bonchev–Trinajstić information content (AvgIpc) is 3.21. The highest BCUT2D eigenvalue weighted by atomic mass is 19.1. The number of halogens is 1. The Kier molecular flexibility index (Phi) is 7.07. The van der Waals surface area contributed by atoms with Crippen molar-refractivity contribution in [3.63, 3.8) is 0 Å². The van der Waals surface area contributed by atoms with Crippen LogP contribution in [0.4, 0.5) is 4.39 Å². The zero-order valence-corrected chi connectivity index (χ0v) is 18.4. The summed E-state index contributed by atoms with van der Waals surface area (Å²) < 4.78 is 26.4. The van der Waals surface area contributed by atoms with Gasteiger partial charge in [-0.3, -0.25) is 9.58 Å². The lowest BCUT2D eigenvalue weighted by Crippen LogP contribution is -2.47. The molecule has 2 heterocycles. The summed E-state index contributed by atoms with van der Waals surface area (Å²) in [6, 6.07) is 14.1. The molecule has 3 aromatic rings. The molecule has 0 atom stereocenters. The highest BCUT2D eigenvalue weighted by molar-refractivity contribution is 5.27. The normalized spacial score (nSPS) is 16.1. The van der Waals surface area contributed by atoms with Gasteiger partial charge in [0.2, 0.25) is 0 Å². The van der Waals surface area contributed by atoms with Crippen molar-refractivity contribution < 1.29 is 19.0 Å². The van der Waals surface area contributed by atoms with Gasteiger partial charge in [0, 0.05) is 25.8 Å². The highest BCUT2D eigenvalue weighted by Gasteiger charge is 2.33. The summed E-state index contributed by atoms with van der Waals surface area (Å²) in [6.45, 7) is 5.96. The van der Waals surface area contributed by atoms with Gasteiger partial charge in [0.05, 0.1) is 12.7 Å². The van der Waals surface area contributed by atoms with Gasteiger partial charge in [-0.2, -0.15) is 5.10 Å². The van der Waals surface area contributed by atoms with Crippen molar-refractivity contribution in [2.24, 2.45) is 0 Å². The molecule has 1 aromatic heterocycles. The summed E-state index contributed by atoms with van der Waals surface area (Å²) in [7, 11) is 0. The first-order valence-corrected chi connectivity index (χ1v) is 11.0. The first kappa shape index (κ1) is 22.3. The van der Waals surface area contributed by atoms with Gasteiger partial charge in [0.15, 0.2) is 0 Å². The van der Waals surface area contributed by atoms with Crippen LogP contribution in [0.5, 0.6) is 11.5 Å². The quantitative estimate of drug-likeness (QED) is 0.549. The molecular formula is C25H30FN3O3. The lowest BCUT2D eigenvalue weighted by molar-refractivity contribution is -0.0537. The molecule has 0 amide bonds. The fourth-order valence-electron chi connectivity index (χ4n) is 3.82. The Balaban J connectivity index is 1.18. The molecule has 2 aromatic carbocycles. The lowest BCUT2D eigenvalue weighted by atomic mass is 9.92. The highest BCUT2D eigenvalue weighted by Crippen LogP contribution is 2.25. The molecule has 0 bridgehead atoms. The fourth-order valence-corrected chi connectivity index (χ4v) is 3.82. The van der Waals surface area contributed by atoms with Crippen LogP contribution in [0.3, 0.4) is 0 Å². The topological polar surface area (TPSA) is 59.8 Å². The van der Waals surface area contributed by atoms with Crippen LogP contribution in [0, 0.1) is 12.7 Å². The predicted molar refractivity (Wildman–Crippen MR) is 120 cm³/mol. The van der Waals surface area contributed by atoms with Crippen molar-refractivity contribution in [1.82, 2.24) is 14.7 Å². The van der Waals surface area contributed by atoms with Crippen molar-refractivity contribution in [3.05, 3.63) is 77.9 Å². The van der Waals surface area contributed by atoms with E-state index in [4.69, 9.17) is 9.47 Å². The smallest absolute Gasteiger partial charge is 0.123 e. The molecule has 0 aliphatic carbocycles. The molecule has 0 unspecified atom stereocenters. The van der Waals surface area contributed by atoms with E-state index in [2.05, 4.69) is 22.1 Å². The molecule has 0 saturated carbocycles. The molecule has 0 spiro atoms. The maximum atomic E-state index is 13.0. The van der Waals surface area contributed by atoms with E-state index in [1.165, 1.54) is 17.7 Å². The number of aliphatic hydroxyl groups is 1. The molecule has 1 saturated heterocycles. The van der Waals surface area contributed by atoms with Gasteiger partial charge >= 0.3 is 0 Å². The Morgan fingerprint density at radius 3 is 2.31 bits per heavy atom. The molecule has 0 radical (unpaired) electrons. The first-order chi connectivity index (χ1) is 15.5. The van der Waals surface area contributed by atoms with E-state index in [-0.39, 0.29) is 12.4 Å². The zero-order chi connectivity index (χ0) is 22.4. The molecule has 32 heavy (non-hydrogen) atoms. The molecule has 170 valence electrons. The minimum absolute atomic E-state index is 0.219. The minimum atomic E-state index is -0.851. The van der Waals surface area contributed by atoms with Crippen molar-refractivity contribution >= 4 is 0 Å². The number of aryl methyl sites for hydroxylation is 1. The summed E-state index contributed by atoms with van der Waals surface area (Å²) in [5.74, 6) is 1.13. The number of hydrogen-bond donors (Lipinski definition) is 1. The maximum absolute atomic E-state index is 13.0. The van der Waals surface area contributed by atoms with Gasteiger partial charge < -0.3 is 14.6 Å². The van der Waals surface area contributed by atoms with E-state index in [1.807, 2.05) is 36.1 Å². The van der Waals surface area contributed by atoms with Crippen LogP contribution in [-0.4, -0.2) is 51.7 Å². The Hall–Kier alpha value is -2.90. The van der Waals surface area contributed by atoms with Gasteiger partial charge in [0.1, 0.15) is 36.1 Å². The van der Waals surface area contributed by atoms with Gasteiger partial charge in [-0.1, -0.05) is 12.1 Å². The molecular weight excluding hydrogens is 409 g/mol. The van der Waals surface area contributed by atoms with E-state index < -0.39 is 5.60 Å². The van der Waals surface area contributed by atoms with E-state index in [1.54, 1.807) is 12.1 Å². The van der Waals surface area contributed by atoms with Crippen LogP contribution in [0.25, 0.3) is 0 Å². The molecule has 1 N–H and O–H groups in total. The van der Waals surface area contributed by atoms with Crippen LogP contribution in [0.1, 0.15) is 24.0 Å². The second kappa shape index (κ2) is 10.1. The van der Waals surface area contributed by atoms with Crippen molar-refractivity contribution in [2.45, 2.75) is 38.5 Å². The third kappa shape index (κ3) is 6.31. The number of nitrogens with zero attached hydrogens (tertiary/aromatic N) is 3. The first-order valence-electron chi connectivity index (χ1n) is 11.0. The van der Waals surface area contributed by atoms with Gasteiger partial charge in [-0.15, -0.1) is 0 Å². The van der Waals surface area contributed by atoms with Crippen LogP contribution < -0.4 is 9.47 Å². The van der Waals surface area contributed by atoms with E-state index in [0.29, 0.717) is 25.2 Å². The van der Waals surface area contributed by atoms with Crippen LogP contribution in [0.15, 0.2) is 60.9 Å². The number of aromatic nitrogens is 2. The average molecular weight is 440 g/mol. The number of ether oxygens (including phenoxy) is 2.